The second kappa shape index (κ2) is 11.1. The molecular formula is C38H37N3OS2. The summed E-state index contributed by atoms with van der Waals surface area (Å²) in [6, 6.07) is 21.9. The molecule has 0 radical (unpaired) electrons. The van der Waals surface area contributed by atoms with E-state index in [0.29, 0.717) is 0 Å². The lowest BCUT2D eigenvalue weighted by atomic mass is 9.89. The standard InChI is InChI=1S/C38H37N3OS2/c1-7-25-20(2)37(39-22(25)4)35(28-18-43-32-14-10-8-12-26(28)32)30-16-17-31(41-30)36(29-19-44-33-15-11-9-13-27(29)33)38-21(3)34(24(6)42)23(5)40-38/h8-19,35-36,39-41H,7H2,1-6H3. The smallest absolute Gasteiger partial charge is 0.161 e. The van der Waals surface area contributed by atoms with E-state index in [0.717, 1.165) is 40.3 Å². The number of benzene rings is 2. The van der Waals surface area contributed by atoms with Gasteiger partial charge in [0, 0.05) is 49.1 Å². The molecule has 44 heavy (non-hydrogen) atoms. The fraction of sp³-hybridized carbons (Fsp3) is 0.237. The van der Waals surface area contributed by atoms with E-state index in [1.807, 2.05) is 18.3 Å². The molecule has 0 aliphatic heterocycles. The van der Waals surface area contributed by atoms with Gasteiger partial charge in [-0.3, -0.25) is 4.79 Å². The minimum absolute atomic E-state index is 0.0259. The third-order valence-electron chi connectivity index (χ3n) is 9.39. The molecule has 0 spiro atoms. The number of rotatable bonds is 8. The van der Waals surface area contributed by atoms with E-state index >= 15 is 0 Å². The van der Waals surface area contributed by atoms with E-state index in [4.69, 9.17) is 0 Å². The number of thiophene rings is 2. The average molecular weight is 616 g/mol. The van der Waals surface area contributed by atoms with Crippen LogP contribution in [0.5, 0.6) is 0 Å². The molecule has 7 rings (SSSR count). The molecule has 3 N–H and O–H groups in total. The van der Waals surface area contributed by atoms with Crippen molar-refractivity contribution in [1.29, 1.82) is 0 Å². The Kier molecular flexibility index (Phi) is 7.22. The van der Waals surface area contributed by atoms with Crippen molar-refractivity contribution >= 4 is 48.6 Å². The molecule has 2 atom stereocenters. The highest BCUT2D eigenvalue weighted by molar-refractivity contribution is 7.17. The van der Waals surface area contributed by atoms with Crippen LogP contribution in [0.1, 0.15) is 98.0 Å². The molecule has 0 fully saturated rings. The maximum atomic E-state index is 12.7. The van der Waals surface area contributed by atoms with Crippen LogP contribution in [-0.4, -0.2) is 20.7 Å². The highest BCUT2D eigenvalue weighted by Gasteiger charge is 2.31. The Morgan fingerprint density at radius 1 is 0.682 bits per heavy atom. The fourth-order valence-corrected chi connectivity index (χ4v) is 9.37. The van der Waals surface area contributed by atoms with E-state index < -0.39 is 0 Å². The number of aromatic nitrogens is 3. The summed E-state index contributed by atoms with van der Waals surface area (Å²) in [4.78, 5) is 24.1. The molecule has 5 aromatic heterocycles. The number of ketones is 1. The largest absolute Gasteiger partial charge is 0.361 e. The highest BCUT2D eigenvalue weighted by atomic mass is 32.1. The zero-order chi connectivity index (χ0) is 30.7. The summed E-state index contributed by atoms with van der Waals surface area (Å²) in [5.74, 6) is 0.0413. The highest BCUT2D eigenvalue weighted by Crippen LogP contribution is 2.44. The van der Waals surface area contributed by atoms with Gasteiger partial charge >= 0.3 is 0 Å². The molecule has 4 nitrogen and oxygen atoms in total. The molecule has 0 bridgehead atoms. The maximum Gasteiger partial charge on any atom is 0.161 e. The van der Waals surface area contributed by atoms with Crippen molar-refractivity contribution in [2.45, 2.75) is 59.8 Å². The number of carbonyl (C=O) groups is 1. The first-order chi connectivity index (χ1) is 21.3. The predicted molar refractivity (Wildman–Crippen MR) is 186 cm³/mol. The van der Waals surface area contributed by atoms with E-state index in [2.05, 4.69) is 114 Å². The zero-order valence-corrected chi connectivity index (χ0v) is 27.6. The Bertz CT molecular complexity index is 2160. The van der Waals surface area contributed by atoms with Crippen molar-refractivity contribution in [3.8, 4) is 0 Å². The lowest BCUT2D eigenvalue weighted by Crippen LogP contribution is -2.09. The first-order valence-corrected chi connectivity index (χ1v) is 17.0. The SMILES string of the molecule is CCc1c(C)[nH]c(C(c2ccc(C(c3[nH]c(C)c(C(C)=O)c3C)c3csc4ccccc34)[nH]2)c2csc3ccccc23)c1C. The first kappa shape index (κ1) is 28.6. The van der Waals surface area contributed by atoms with Crippen molar-refractivity contribution in [1.82, 2.24) is 15.0 Å². The van der Waals surface area contributed by atoms with Crippen LogP contribution in [0, 0.1) is 27.7 Å². The Balaban J connectivity index is 1.45. The molecule has 2 aromatic carbocycles. The zero-order valence-electron chi connectivity index (χ0n) is 26.0. The van der Waals surface area contributed by atoms with Gasteiger partial charge in [-0.1, -0.05) is 43.3 Å². The molecule has 0 saturated heterocycles. The molecule has 2 unspecified atom stereocenters. The van der Waals surface area contributed by atoms with E-state index in [9.17, 15) is 4.79 Å². The Hall–Kier alpha value is -4.13. The molecular weight excluding hydrogens is 579 g/mol. The number of nitrogens with one attached hydrogen (secondary N) is 3. The van der Waals surface area contributed by atoms with Crippen molar-refractivity contribution in [2.24, 2.45) is 0 Å². The van der Waals surface area contributed by atoms with Crippen LogP contribution < -0.4 is 0 Å². The Morgan fingerprint density at radius 3 is 1.66 bits per heavy atom. The van der Waals surface area contributed by atoms with Gasteiger partial charge < -0.3 is 15.0 Å². The molecule has 6 heteroatoms. The number of aromatic amines is 3. The number of Topliss-reactive ketones (excluding diaryl/α,β-unsaturated/α-hetero) is 1. The van der Waals surface area contributed by atoms with E-state index in [1.54, 1.807) is 18.3 Å². The predicted octanol–water partition coefficient (Wildman–Crippen LogP) is 10.5. The summed E-state index contributed by atoms with van der Waals surface area (Å²) < 4.78 is 2.56. The van der Waals surface area contributed by atoms with Gasteiger partial charge in [0.05, 0.1) is 11.8 Å². The molecule has 0 saturated carbocycles. The van der Waals surface area contributed by atoms with Gasteiger partial charge in [-0.05, 0) is 115 Å². The topological polar surface area (TPSA) is 64.4 Å². The number of hydrogen-bond acceptors (Lipinski definition) is 3. The van der Waals surface area contributed by atoms with Crippen molar-refractivity contribution in [3.63, 3.8) is 0 Å². The summed E-state index contributed by atoms with van der Waals surface area (Å²) in [6.45, 7) is 12.4. The normalized spacial score (nSPS) is 13.2. The first-order valence-electron chi connectivity index (χ1n) is 15.3. The lowest BCUT2D eigenvalue weighted by molar-refractivity contribution is 0.101. The van der Waals surface area contributed by atoms with E-state index in [-0.39, 0.29) is 17.6 Å². The molecule has 0 aliphatic carbocycles. The van der Waals surface area contributed by atoms with Crippen LogP contribution in [0.4, 0.5) is 0 Å². The van der Waals surface area contributed by atoms with Crippen LogP contribution in [0.25, 0.3) is 20.2 Å². The third-order valence-corrected chi connectivity index (χ3v) is 11.4. The van der Waals surface area contributed by atoms with Crippen LogP contribution in [-0.2, 0) is 6.42 Å². The molecule has 0 amide bonds. The quantitative estimate of drug-likeness (QED) is 0.146. The fourth-order valence-electron chi connectivity index (χ4n) is 7.39. The average Bonchev–Trinajstić information content (AvgIpc) is 3.83. The van der Waals surface area contributed by atoms with Gasteiger partial charge in [-0.2, -0.15) is 0 Å². The summed E-state index contributed by atoms with van der Waals surface area (Å²) in [5, 5.41) is 7.16. The van der Waals surface area contributed by atoms with Crippen LogP contribution in [0.15, 0.2) is 71.4 Å². The second-order valence-electron chi connectivity index (χ2n) is 12.0. The minimum Gasteiger partial charge on any atom is -0.361 e. The molecule has 7 aromatic rings. The lowest BCUT2D eigenvalue weighted by Gasteiger charge is -2.19. The summed E-state index contributed by atoms with van der Waals surface area (Å²) in [6.07, 6.45) is 0.998. The Labute approximate surface area is 266 Å². The van der Waals surface area contributed by atoms with Gasteiger partial charge in [0.1, 0.15) is 0 Å². The molecule has 222 valence electrons. The third kappa shape index (κ3) is 4.51. The summed E-state index contributed by atoms with van der Waals surface area (Å²) >= 11 is 3.58. The van der Waals surface area contributed by atoms with Gasteiger partial charge in [0.15, 0.2) is 5.78 Å². The Morgan fingerprint density at radius 2 is 1.18 bits per heavy atom. The van der Waals surface area contributed by atoms with Crippen molar-refractivity contribution in [2.75, 3.05) is 0 Å². The van der Waals surface area contributed by atoms with Crippen molar-refractivity contribution in [3.05, 3.63) is 139 Å². The van der Waals surface area contributed by atoms with Crippen LogP contribution >= 0.6 is 22.7 Å². The van der Waals surface area contributed by atoms with E-state index in [1.165, 1.54) is 53.8 Å². The van der Waals surface area contributed by atoms with Crippen LogP contribution in [0.2, 0.25) is 0 Å². The number of fused-ring (bicyclic) bond motifs is 2. The number of aryl methyl sites for hydroxylation is 2. The summed E-state index contributed by atoms with van der Waals surface area (Å²) in [7, 11) is 0. The van der Waals surface area contributed by atoms with Gasteiger partial charge in [0.2, 0.25) is 0 Å². The van der Waals surface area contributed by atoms with Gasteiger partial charge in [-0.25, -0.2) is 0 Å². The minimum atomic E-state index is -0.0794. The van der Waals surface area contributed by atoms with Crippen molar-refractivity contribution < 1.29 is 4.79 Å². The van der Waals surface area contributed by atoms with Crippen LogP contribution in [0.3, 0.4) is 0 Å². The number of carbonyl (C=O) groups excluding carboxylic acids is 1. The van der Waals surface area contributed by atoms with Gasteiger partial charge in [-0.15, -0.1) is 22.7 Å². The monoisotopic (exact) mass is 615 g/mol. The molecule has 5 heterocycles. The number of H-pyrrole nitrogens is 3. The second-order valence-corrected chi connectivity index (χ2v) is 13.8. The number of hydrogen-bond donors (Lipinski definition) is 3. The maximum absolute atomic E-state index is 12.7. The van der Waals surface area contributed by atoms with Gasteiger partial charge in [0.25, 0.3) is 0 Å². The summed E-state index contributed by atoms with van der Waals surface area (Å²) in [5.41, 5.74) is 13.9. The molecule has 0 aliphatic rings.